The van der Waals surface area contributed by atoms with Crippen LogP contribution in [0.1, 0.15) is 22.6 Å². The summed E-state index contributed by atoms with van der Waals surface area (Å²) in [5.74, 6) is 2.12. The zero-order valence-corrected chi connectivity index (χ0v) is 19.2. The number of hydrogen-bond acceptors (Lipinski definition) is 7. The molecule has 0 unspecified atom stereocenters. The van der Waals surface area contributed by atoms with E-state index in [1.165, 1.54) is 10.8 Å². The first kappa shape index (κ1) is 21.5. The van der Waals surface area contributed by atoms with Crippen molar-refractivity contribution in [2.75, 3.05) is 0 Å². The Kier molecular flexibility index (Phi) is 4.78. The van der Waals surface area contributed by atoms with Crippen molar-refractivity contribution in [3.8, 4) is 17.3 Å². The molecule has 0 atom stereocenters. The van der Waals surface area contributed by atoms with Crippen LogP contribution in [0.25, 0.3) is 37.7 Å². The highest BCUT2D eigenvalue weighted by Crippen LogP contribution is 2.38. The first-order valence-corrected chi connectivity index (χ1v) is 11.4. The summed E-state index contributed by atoms with van der Waals surface area (Å²) in [6.07, 6.45) is -3.04. The van der Waals surface area contributed by atoms with E-state index >= 15 is 0 Å². The van der Waals surface area contributed by atoms with Crippen molar-refractivity contribution in [2.24, 2.45) is 0 Å². The van der Waals surface area contributed by atoms with Crippen molar-refractivity contribution in [1.29, 1.82) is 0 Å². The van der Waals surface area contributed by atoms with Gasteiger partial charge in [-0.15, -0.1) is 16.4 Å². The van der Waals surface area contributed by atoms with E-state index in [0.29, 0.717) is 44.2 Å². The normalized spacial score (nSPS) is 12.3. The predicted molar refractivity (Wildman–Crippen MR) is 124 cm³/mol. The van der Waals surface area contributed by atoms with Crippen LogP contribution in [-0.4, -0.2) is 24.6 Å². The van der Waals surface area contributed by atoms with E-state index in [-0.39, 0.29) is 11.4 Å². The van der Waals surface area contributed by atoms with E-state index < -0.39 is 11.9 Å². The number of hydrogen-bond donors (Lipinski definition) is 0. The first-order valence-electron chi connectivity index (χ1n) is 10.6. The molecule has 5 heterocycles. The molecule has 0 spiro atoms. The number of aromatic nitrogens is 5. The van der Waals surface area contributed by atoms with Crippen LogP contribution < -0.4 is 4.74 Å². The Hall–Kier alpha value is -3.99. The maximum Gasteiger partial charge on any atom is 0.433 e. The van der Waals surface area contributed by atoms with E-state index in [0.717, 1.165) is 28.7 Å². The summed E-state index contributed by atoms with van der Waals surface area (Å²) in [5.41, 5.74) is 1.63. The number of halogens is 3. The molecule has 0 bridgehead atoms. The minimum Gasteiger partial charge on any atom is -0.486 e. The fourth-order valence-electron chi connectivity index (χ4n) is 3.89. The average molecular weight is 495 g/mol. The standard InChI is InChI=1S/C24H16F3N5O2S/c1-12-4-3-5-14(8-12)33-10-15-6-7-16(34-15)21-30-22-20-19(28-11-32(22)31-21)18-13(2)9-17(24(25,26)27)29-23(18)35-20/h3-9,11H,10H2,1-2H3. The smallest absolute Gasteiger partial charge is 0.433 e. The molecule has 0 amide bonds. The van der Waals surface area contributed by atoms with Crippen LogP contribution in [0.3, 0.4) is 0 Å². The molecule has 0 saturated heterocycles. The molecule has 0 aliphatic heterocycles. The summed E-state index contributed by atoms with van der Waals surface area (Å²) in [4.78, 5) is 13.1. The van der Waals surface area contributed by atoms with Gasteiger partial charge in [0, 0.05) is 5.39 Å². The Labute approximate surface area is 199 Å². The van der Waals surface area contributed by atoms with Gasteiger partial charge in [-0.25, -0.2) is 19.5 Å². The molecule has 1 aromatic carbocycles. The topological polar surface area (TPSA) is 78.3 Å². The van der Waals surface area contributed by atoms with Crippen LogP contribution in [0.5, 0.6) is 5.75 Å². The zero-order chi connectivity index (χ0) is 24.3. The maximum absolute atomic E-state index is 13.2. The lowest BCUT2D eigenvalue weighted by atomic mass is 10.1. The molecular weight excluding hydrogens is 479 g/mol. The summed E-state index contributed by atoms with van der Waals surface area (Å²) >= 11 is 1.11. The number of benzene rings is 1. The van der Waals surface area contributed by atoms with E-state index in [1.54, 1.807) is 19.1 Å². The van der Waals surface area contributed by atoms with Gasteiger partial charge < -0.3 is 9.15 Å². The van der Waals surface area contributed by atoms with Crippen LogP contribution in [-0.2, 0) is 12.8 Å². The molecule has 0 fully saturated rings. The monoisotopic (exact) mass is 495 g/mol. The Bertz CT molecular complexity index is 1730. The molecule has 6 rings (SSSR count). The molecule has 0 radical (unpaired) electrons. The zero-order valence-electron chi connectivity index (χ0n) is 18.4. The van der Waals surface area contributed by atoms with Gasteiger partial charge in [0.2, 0.25) is 5.82 Å². The SMILES string of the molecule is Cc1cccc(OCc2ccc(-c3nc4c5sc6nc(C(F)(F)F)cc(C)c6c5ncn4n3)o2)c1. The van der Waals surface area contributed by atoms with Gasteiger partial charge in [0.15, 0.2) is 11.4 Å². The number of fused-ring (bicyclic) bond motifs is 5. The molecule has 35 heavy (non-hydrogen) atoms. The minimum absolute atomic E-state index is 0.241. The second-order valence-corrected chi connectivity index (χ2v) is 9.10. The minimum atomic E-state index is -4.53. The summed E-state index contributed by atoms with van der Waals surface area (Å²) in [5, 5.41) is 5.02. The second-order valence-electron chi connectivity index (χ2n) is 8.10. The lowest BCUT2D eigenvalue weighted by Gasteiger charge is -2.06. The molecule has 0 N–H and O–H groups in total. The van der Waals surface area contributed by atoms with E-state index in [4.69, 9.17) is 9.15 Å². The van der Waals surface area contributed by atoms with Crippen molar-refractivity contribution in [2.45, 2.75) is 26.6 Å². The molecule has 0 aliphatic carbocycles. The fourth-order valence-corrected chi connectivity index (χ4v) is 5.07. The number of alkyl halides is 3. The number of furan rings is 1. The van der Waals surface area contributed by atoms with Crippen molar-refractivity contribution < 1.29 is 22.3 Å². The molecule has 5 aromatic heterocycles. The van der Waals surface area contributed by atoms with Crippen LogP contribution in [0.2, 0.25) is 0 Å². The van der Waals surface area contributed by atoms with Gasteiger partial charge >= 0.3 is 6.18 Å². The molecule has 0 saturated carbocycles. The van der Waals surface area contributed by atoms with Crippen LogP contribution in [0, 0.1) is 13.8 Å². The van der Waals surface area contributed by atoms with Gasteiger partial charge in [-0.2, -0.15) is 13.2 Å². The van der Waals surface area contributed by atoms with Crippen LogP contribution in [0.4, 0.5) is 13.2 Å². The van der Waals surface area contributed by atoms with Crippen molar-refractivity contribution in [3.63, 3.8) is 0 Å². The summed E-state index contributed by atoms with van der Waals surface area (Å²) in [6.45, 7) is 3.85. The Balaban J connectivity index is 1.36. The number of thiophene rings is 1. The van der Waals surface area contributed by atoms with Crippen LogP contribution >= 0.6 is 11.3 Å². The molecule has 0 aliphatic rings. The highest BCUT2D eigenvalue weighted by atomic mass is 32.1. The largest absolute Gasteiger partial charge is 0.486 e. The lowest BCUT2D eigenvalue weighted by Crippen LogP contribution is -2.07. The number of rotatable bonds is 4. The molecular formula is C24H16F3N5O2S. The second kappa shape index (κ2) is 7.77. The summed E-state index contributed by atoms with van der Waals surface area (Å²) in [7, 11) is 0. The predicted octanol–water partition coefficient (Wildman–Crippen LogP) is 6.36. The van der Waals surface area contributed by atoms with Gasteiger partial charge in [-0.05, 0) is 55.3 Å². The maximum atomic E-state index is 13.2. The summed E-state index contributed by atoms with van der Waals surface area (Å²) in [6, 6.07) is 12.3. The fraction of sp³-hybridized carbons (Fsp3) is 0.167. The van der Waals surface area contributed by atoms with Gasteiger partial charge in [0.05, 0.1) is 5.52 Å². The Morgan fingerprint density at radius 1 is 1.09 bits per heavy atom. The van der Waals surface area contributed by atoms with Crippen LogP contribution in [0.15, 0.2) is 53.2 Å². The Morgan fingerprint density at radius 3 is 2.74 bits per heavy atom. The lowest BCUT2D eigenvalue weighted by molar-refractivity contribution is -0.141. The molecule has 7 nitrogen and oxygen atoms in total. The molecule has 176 valence electrons. The van der Waals surface area contributed by atoms with Gasteiger partial charge in [0.25, 0.3) is 0 Å². The van der Waals surface area contributed by atoms with E-state index in [9.17, 15) is 13.2 Å². The number of ether oxygens (including phenoxy) is 1. The van der Waals surface area contributed by atoms with Gasteiger partial charge in [-0.3, -0.25) is 0 Å². The highest BCUT2D eigenvalue weighted by molar-refractivity contribution is 7.26. The molecule has 11 heteroatoms. The van der Waals surface area contributed by atoms with E-state index in [2.05, 4.69) is 20.1 Å². The van der Waals surface area contributed by atoms with Crippen molar-refractivity contribution in [3.05, 3.63) is 71.4 Å². The van der Waals surface area contributed by atoms with Gasteiger partial charge in [-0.1, -0.05) is 12.1 Å². The van der Waals surface area contributed by atoms with Crippen molar-refractivity contribution in [1.82, 2.24) is 24.6 Å². The number of aryl methyl sites for hydroxylation is 2. The number of pyridine rings is 1. The average Bonchev–Trinajstić information content (AvgIpc) is 3.52. The van der Waals surface area contributed by atoms with Crippen molar-refractivity contribution >= 4 is 37.4 Å². The third-order valence-electron chi connectivity index (χ3n) is 5.51. The summed E-state index contributed by atoms with van der Waals surface area (Å²) < 4.78 is 53.5. The third-order valence-corrected chi connectivity index (χ3v) is 6.58. The highest BCUT2D eigenvalue weighted by Gasteiger charge is 2.33. The third kappa shape index (κ3) is 3.77. The van der Waals surface area contributed by atoms with Gasteiger partial charge in [0.1, 0.15) is 39.7 Å². The van der Waals surface area contributed by atoms with E-state index in [1.807, 2.05) is 31.2 Å². The molecule has 6 aromatic rings. The Morgan fingerprint density at radius 2 is 1.94 bits per heavy atom. The quantitative estimate of drug-likeness (QED) is 0.283. The number of nitrogens with zero attached hydrogens (tertiary/aromatic N) is 5. The first-order chi connectivity index (χ1) is 16.8.